The van der Waals surface area contributed by atoms with Crippen molar-refractivity contribution in [1.29, 1.82) is 0 Å². The molecule has 0 saturated carbocycles. The molecule has 0 aliphatic carbocycles. The highest BCUT2D eigenvalue weighted by atomic mass is 35.5. The number of hydrogen-bond donors (Lipinski definition) is 2. The standard InChI is InChI=1S/C19H23N3O3S.ClH/c1-14-4-3-5-18(15(14)2)21-26(24,25)17-8-6-16(7-9-17)19(23)22-12-10-20-11-13-22;/h3-9,20-21H,10-13H2,1-2H3;1H. The minimum atomic E-state index is -3.70. The Bertz CT molecular complexity index is 908. The van der Waals surface area contributed by atoms with Crippen LogP contribution in [-0.2, 0) is 10.0 Å². The van der Waals surface area contributed by atoms with Crippen molar-refractivity contribution in [3.63, 3.8) is 0 Å². The highest BCUT2D eigenvalue weighted by molar-refractivity contribution is 7.92. The van der Waals surface area contributed by atoms with Crippen LogP contribution in [0.25, 0.3) is 0 Å². The molecule has 0 bridgehead atoms. The number of carbonyl (C=O) groups is 1. The predicted octanol–water partition coefficient (Wildman–Crippen LogP) is 2.57. The van der Waals surface area contributed by atoms with Gasteiger partial charge in [-0.3, -0.25) is 9.52 Å². The summed E-state index contributed by atoms with van der Waals surface area (Å²) < 4.78 is 27.9. The number of sulfonamides is 1. The van der Waals surface area contributed by atoms with Gasteiger partial charge in [0.15, 0.2) is 0 Å². The zero-order valence-electron chi connectivity index (χ0n) is 15.4. The van der Waals surface area contributed by atoms with Crippen LogP contribution in [0.5, 0.6) is 0 Å². The highest BCUT2D eigenvalue weighted by Gasteiger charge is 2.20. The Balaban J connectivity index is 0.00000261. The Hall–Kier alpha value is -2.09. The second kappa shape index (κ2) is 8.73. The van der Waals surface area contributed by atoms with Gasteiger partial charge in [0.1, 0.15) is 0 Å². The number of benzene rings is 2. The zero-order valence-corrected chi connectivity index (χ0v) is 17.0. The fourth-order valence-corrected chi connectivity index (χ4v) is 4.02. The van der Waals surface area contributed by atoms with E-state index in [2.05, 4.69) is 10.0 Å². The van der Waals surface area contributed by atoms with Gasteiger partial charge < -0.3 is 10.2 Å². The maximum Gasteiger partial charge on any atom is 0.261 e. The molecule has 0 radical (unpaired) electrons. The van der Waals surface area contributed by atoms with Crippen molar-refractivity contribution in [1.82, 2.24) is 10.2 Å². The summed E-state index contributed by atoms with van der Waals surface area (Å²) >= 11 is 0. The number of amides is 1. The smallest absolute Gasteiger partial charge is 0.261 e. The number of halogens is 1. The third kappa shape index (κ3) is 4.80. The Morgan fingerprint density at radius 3 is 2.30 bits per heavy atom. The van der Waals surface area contributed by atoms with Crippen molar-refractivity contribution in [2.75, 3.05) is 30.9 Å². The summed E-state index contributed by atoms with van der Waals surface area (Å²) in [5.41, 5.74) is 2.97. The van der Waals surface area contributed by atoms with E-state index in [1.165, 1.54) is 12.1 Å². The molecule has 2 aromatic carbocycles. The first kappa shape index (κ1) is 21.2. The maximum atomic E-state index is 12.6. The maximum absolute atomic E-state index is 12.6. The summed E-state index contributed by atoms with van der Waals surface area (Å²) in [6.45, 7) is 6.68. The molecule has 0 unspecified atom stereocenters. The molecule has 146 valence electrons. The van der Waals surface area contributed by atoms with Gasteiger partial charge in [-0.25, -0.2) is 8.42 Å². The number of carbonyl (C=O) groups excluding carboxylic acids is 1. The molecule has 8 heteroatoms. The minimum absolute atomic E-state index is 0. The Kier molecular flexibility index (Phi) is 6.86. The number of nitrogens with one attached hydrogen (secondary N) is 2. The van der Waals surface area contributed by atoms with Crippen LogP contribution in [0.2, 0.25) is 0 Å². The molecule has 1 amide bonds. The van der Waals surface area contributed by atoms with Gasteiger partial charge in [0.25, 0.3) is 15.9 Å². The number of rotatable bonds is 4. The monoisotopic (exact) mass is 409 g/mol. The van der Waals surface area contributed by atoms with E-state index in [1.54, 1.807) is 23.1 Å². The lowest BCUT2D eigenvalue weighted by Crippen LogP contribution is -2.46. The van der Waals surface area contributed by atoms with Gasteiger partial charge in [-0.05, 0) is 55.3 Å². The number of anilines is 1. The predicted molar refractivity (Wildman–Crippen MR) is 109 cm³/mol. The van der Waals surface area contributed by atoms with E-state index in [0.29, 0.717) is 24.3 Å². The molecule has 0 spiro atoms. The van der Waals surface area contributed by atoms with E-state index in [0.717, 1.165) is 24.2 Å². The molecule has 1 heterocycles. The van der Waals surface area contributed by atoms with Gasteiger partial charge in [0.2, 0.25) is 0 Å². The lowest BCUT2D eigenvalue weighted by atomic mass is 10.1. The lowest BCUT2D eigenvalue weighted by Gasteiger charge is -2.27. The largest absolute Gasteiger partial charge is 0.336 e. The third-order valence-electron chi connectivity index (χ3n) is 4.66. The average molecular weight is 410 g/mol. The normalized spacial score (nSPS) is 14.4. The summed E-state index contributed by atoms with van der Waals surface area (Å²) in [5, 5.41) is 3.20. The quantitative estimate of drug-likeness (QED) is 0.813. The minimum Gasteiger partial charge on any atom is -0.336 e. The number of hydrogen-bond acceptors (Lipinski definition) is 4. The Morgan fingerprint density at radius 1 is 1.04 bits per heavy atom. The molecule has 0 aromatic heterocycles. The molecule has 1 aliphatic heterocycles. The van der Waals surface area contributed by atoms with E-state index >= 15 is 0 Å². The molecular weight excluding hydrogens is 386 g/mol. The fraction of sp³-hybridized carbons (Fsp3) is 0.316. The van der Waals surface area contributed by atoms with Gasteiger partial charge in [0, 0.05) is 31.7 Å². The summed E-state index contributed by atoms with van der Waals surface area (Å²) in [7, 11) is -3.70. The average Bonchev–Trinajstić information content (AvgIpc) is 2.65. The molecule has 3 rings (SSSR count). The molecule has 6 nitrogen and oxygen atoms in total. The Labute approximate surface area is 166 Å². The van der Waals surface area contributed by atoms with Crippen LogP contribution in [0.15, 0.2) is 47.4 Å². The van der Waals surface area contributed by atoms with Crippen molar-refractivity contribution in [3.8, 4) is 0 Å². The van der Waals surface area contributed by atoms with Gasteiger partial charge in [-0.1, -0.05) is 12.1 Å². The van der Waals surface area contributed by atoms with Gasteiger partial charge in [-0.2, -0.15) is 0 Å². The molecular formula is C19H24ClN3O3S. The van der Waals surface area contributed by atoms with Crippen LogP contribution in [-0.4, -0.2) is 45.4 Å². The van der Waals surface area contributed by atoms with Crippen LogP contribution < -0.4 is 10.0 Å². The van der Waals surface area contributed by atoms with Crippen molar-refractivity contribution in [2.24, 2.45) is 0 Å². The van der Waals surface area contributed by atoms with E-state index in [1.807, 2.05) is 26.0 Å². The second-order valence-electron chi connectivity index (χ2n) is 6.42. The third-order valence-corrected chi connectivity index (χ3v) is 6.05. The summed E-state index contributed by atoms with van der Waals surface area (Å²) in [6.07, 6.45) is 0. The highest BCUT2D eigenvalue weighted by Crippen LogP contribution is 2.22. The van der Waals surface area contributed by atoms with Gasteiger partial charge in [0.05, 0.1) is 10.6 Å². The first-order valence-corrected chi connectivity index (χ1v) is 10.1. The van der Waals surface area contributed by atoms with Crippen LogP contribution in [0, 0.1) is 13.8 Å². The molecule has 2 aromatic rings. The molecule has 1 saturated heterocycles. The SMILES string of the molecule is Cc1cccc(NS(=O)(=O)c2ccc(C(=O)N3CCNCC3)cc2)c1C.Cl. The summed E-state index contributed by atoms with van der Waals surface area (Å²) in [5.74, 6) is -0.0714. The zero-order chi connectivity index (χ0) is 18.7. The molecule has 2 N–H and O–H groups in total. The number of aryl methyl sites for hydroxylation is 1. The van der Waals surface area contributed by atoms with Crippen molar-refractivity contribution in [2.45, 2.75) is 18.7 Å². The number of nitrogens with zero attached hydrogens (tertiary/aromatic N) is 1. The summed E-state index contributed by atoms with van der Waals surface area (Å²) in [6, 6.07) is 11.6. The molecule has 1 aliphatic rings. The van der Waals surface area contributed by atoms with E-state index < -0.39 is 10.0 Å². The molecule has 0 atom stereocenters. The van der Waals surface area contributed by atoms with Crippen LogP contribution in [0.1, 0.15) is 21.5 Å². The first-order chi connectivity index (χ1) is 12.4. The Morgan fingerprint density at radius 2 is 1.67 bits per heavy atom. The van der Waals surface area contributed by atoms with Gasteiger partial charge in [-0.15, -0.1) is 12.4 Å². The lowest BCUT2D eigenvalue weighted by molar-refractivity contribution is 0.0735. The van der Waals surface area contributed by atoms with Crippen molar-refractivity contribution >= 4 is 34.0 Å². The summed E-state index contributed by atoms with van der Waals surface area (Å²) in [4.78, 5) is 14.4. The van der Waals surface area contributed by atoms with E-state index in [9.17, 15) is 13.2 Å². The van der Waals surface area contributed by atoms with Crippen LogP contribution in [0.3, 0.4) is 0 Å². The first-order valence-electron chi connectivity index (χ1n) is 8.57. The second-order valence-corrected chi connectivity index (χ2v) is 8.10. The molecule has 27 heavy (non-hydrogen) atoms. The van der Waals surface area contributed by atoms with E-state index in [4.69, 9.17) is 0 Å². The topological polar surface area (TPSA) is 78.5 Å². The van der Waals surface area contributed by atoms with Crippen molar-refractivity contribution in [3.05, 3.63) is 59.2 Å². The van der Waals surface area contributed by atoms with Crippen molar-refractivity contribution < 1.29 is 13.2 Å². The molecule has 1 fully saturated rings. The van der Waals surface area contributed by atoms with Crippen LogP contribution >= 0.6 is 12.4 Å². The number of piperazine rings is 1. The fourth-order valence-electron chi connectivity index (χ4n) is 2.89. The van der Waals surface area contributed by atoms with Gasteiger partial charge >= 0.3 is 0 Å². The van der Waals surface area contributed by atoms with E-state index in [-0.39, 0.29) is 23.2 Å². The van der Waals surface area contributed by atoms with Crippen LogP contribution in [0.4, 0.5) is 5.69 Å².